The maximum atomic E-state index is 14.8. The van der Waals surface area contributed by atoms with Crippen LogP contribution in [0.25, 0.3) is 0 Å². The van der Waals surface area contributed by atoms with Gasteiger partial charge in [0, 0.05) is 24.7 Å². The van der Waals surface area contributed by atoms with Crippen LogP contribution in [0.3, 0.4) is 0 Å². The number of benzene rings is 1. The molecule has 1 amide bonds. The van der Waals surface area contributed by atoms with Crippen molar-refractivity contribution in [3.05, 3.63) is 34.7 Å². The lowest BCUT2D eigenvalue weighted by molar-refractivity contribution is -0.125. The Bertz CT molecular complexity index is 854. The number of rotatable bonds is 7. The highest BCUT2D eigenvalue weighted by Gasteiger charge is 2.25. The summed E-state index contributed by atoms with van der Waals surface area (Å²) in [6, 6.07) is 2.85. The predicted octanol–water partition coefficient (Wildman–Crippen LogP) is 2.98. The number of carbonyl (C=O) groups excluding carboxylic acids is 1. The van der Waals surface area contributed by atoms with Gasteiger partial charge in [-0.2, -0.15) is 4.98 Å². The smallest absolute Gasteiger partial charge is 0.229 e. The van der Waals surface area contributed by atoms with Gasteiger partial charge >= 0.3 is 0 Å². The lowest BCUT2D eigenvalue weighted by atomic mass is 10.1. The van der Waals surface area contributed by atoms with Crippen molar-refractivity contribution in [2.45, 2.75) is 13.0 Å². The van der Waals surface area contributed by atoms with Gasteiger partial charge in [-0.05, 0) is 13.0 Å². The van der Waals surface area contributed by atoms with E-state index in [0.29, 0.717) is 47.5 Å². The number of hydrogen-bond acceptors (Lipinski definition) is 7. The number of methoxy groups -OCH3 is 1. The second kappa shape index (κ2) is 9.03. The van der Waals surface area contributed by atoms with E-state index in [9.17, 15) is 9.18 Å². The highest BCUT2D eigenvalue weighted by atomic mass is 35.5. The standard InChI is InChI=1S/C18H21ClFN5O3/c1-3-21-17-12(19)8-22-18(24-17)23-14-7-13(20)11(6-15(14)27-2)16-9-25(10-26)4-5-28-16/h6-8,10,16H,3-5,9H2,1-2H3,(H2,21,22,23,24). The Labute approximate surface area is 167 Å². The van der Waals surface area contributed by atoms with Crippen molar-refractivity contribution in [2.75, 3.05) is 44.0 Å². The molecule has 150 valence electrons. The molecule has 1 aliphatic heterocycles. The van der Waals surface area contributed by atoms with Crippen LogP contribution < -0.4 is 15.4 Å². The predicted molar refractivity (Wildman–Crippen MR) is 104 cm³/mol. The van der Waals surface area contributed by atoms with Gasteiger partial charge < -0.3 is 25.0 Å². The van der Waals surface area contributed by atoms with E-state index in [2.05, 4.69) is 20.6 Å². The minimum atomic E-state index is -0.561. The molecule has 0 aliphatic carbocycles. The third-order valence-electron chi connectivity index (χ3n) is 4.25. The molecule has 2 heterocycles. The zero-order valence-electron chi connectivity index (χ0n) is 15.5. The molecule has 0 saturated carbocycles. The number of carbonyl (C=O) groups is 1. The first-order valence-electron chi connectivity index (χ1n) is 8.77. The van der Waals surface area contributed by atoms with E-state index in [4.69, 9.17) is 21.1 Å². The van der Waals surface area contributed by atoms with Crippen molar-refractivity contribution in [1.29, 1.82) is 0 Å². The molecule has 0 spiro atoms. The average molecular weight is 410 g/mol. The lowest BCUT2D eigenvalue weighted by Gasteiger charge is -2.31. The molecule has 8 nitrogen and oxygen atoms in total. The molecule has 1 aromatic heterocycles. The van der Waals surface area contributed by atoms with Crippen LogP contribution in [-0.4, -0.2) is 54.6 Å². The van der Waals surface area contributed by atoms with Gasteiger partial charge in [-0.15, -0.1) is 0 Å². The number of ether oxygens (including phenoxy) is 2. The van der Waals surface area contributed by atoms with E-state index in [0.717, 1.165) is 6.41 Å². The number of aromatic nitrogens is 2. The van der Waals surface area contributed by atoms with Crippen molar-refractivity contribution in [3.8, 4) is 5.75 Å². The first-order chi connectivity index (χ1) is 13.5. The highest BCUT2D eigenvalue weighted by molar-refractivity contribution is 6.32. The van der Waals surface area contributed by atoms with Crippen LogP contribution in [0, 0.1) is 5.82 Å². The summed E-state index contributed by atoms with van der Waals surface area (Å²) in [5.41, 5.74) is 0.677. The number of anilines is 3. The maximum Gasteiger partial charge on any atom is 0.229 e. The van der Waals surface area contributed by atoms with Gasteiger partial charge in [0.05, 0.1) is 32.1 Å². The van der Waals surface area contributed by atoms with Gasteiger partial charge in [0.1, 0.15) is 28.5 Å². The zero-order valence-corrected chi connectivity index (χ0v) is 16.3. The molecule has 2 aromatic rings. The van der Waals surface area contributed by atoms with Gasteiger partial charge in [-0.1, -0.05) is 11.6 Å². The largest absolute Gasteiger partial charge is 0.495 e. The summed E-state index contributed by atoms with van der Waals surface area (Å²) >= 11 is 6.05. The fourth-order valence-corrected chi connectivity index (χ4v) is 3.03. The molecule has 1 atom stereocenters. The maximum absolute atomic E-state index is 14.8. The molecule has 1 fully saturated rings. The molecule has 0 bridgehead atoms. The summed E-state index contributed by atoms with van der Waals surface area (Å²) in [4.78, 5) is 21.0. The number of halogens is 2. The molecule has 3 rings (SSSR count). The number of hydrogen-bond donors (Lipinski definition) is 2. The van der Waals surface area contributed by atoms with Crippen LogP contribution in [0.1, 0.15) is 18.6 Å². The third-order valence-corrected chi connectivity index (χ3v) is 4.52. The van der Waals surface area contributed by atoms with E-state index in [1.165, 1.54) is 19.4 Å². The molecule has 1 unspecified atom stereocenters. The van der Waals surface area contributed by atoms with E-state index >= 15 is 0 Å². The number of morpholine rings is 1. The summed E-state index contributed by atoms with van der Waals surface area (Å²) in [6.45, 7) is 3.67. The molecule has 28 heavy (non-hydrogen) atoms. The molecule has 10 heteroatoms. The molecule has 1 aromatic carbocycles. The molecule has 1 saturated heterocycles. The van der Waals surface area contributed by atoms with E-state index in [1.807, 2.05) is 6.92 Å². The van der Waals surface area contributed by atoms with Crippen LogP contribution in [0.5, 0.6) is 5.75 Å². The van der Waals surface area contributed by atoms with Crippen LogP contribution in [0.15, 0.2) is 18.3 Å². The quantitative estimate of drug-likeness (QED) is 0.679. The molecule has 0 radical (unpaired) electrons. The third kappa shape index (κ3) is 4.42. The number of amides is 1. The van der Waals surface area contributed by atoms with Crippen molar-refractivity contribution >= 4 is 35.5 Å². The van der Waals surface area contributed by atoms with Crippen LogP contribution in [0.4, 0.5) is 21.8 Å². The summed E-state index contributed by atoms with van der Waals surface area (Å²) < 4.78 is 25.8. The number of nitrogens with one attached hydrogen (secondary N) is 2. The Kier molecular flexibility index (Phi) is 6.48. The van der Waals surface area contributed by atoms with Crippen molar-refractivity contribution < 1.29 is 18.7 Å². The van der Waals surface area contributed by atoms with E-state index < -0.39 is 11.9 Å². The van der Waals surface area contributed by atoms with Crippen molar-refractivity contribution in [2.24, 2.45) is 0 Å². The Morgan fingerprint density at radius 2 is 2.32 bits per heavy atom. The summed E-state index contributed by atoms with van der Waals surface area (Å²) in [6.07, 6.45) is 1.63. The zero-order chi connectivity index (χ0) is 20.1. The highest BCUT2D eigenvalue weighted by Crippen LogP contribution is 2.34. The normalized spacial score (nSPS) is 16.6. The first kappa shape index (κ1) is 20.1. The second-order valence-corrected chi connectivity index (χ2v) is 6.49. The molecule has 1 aliphatic rings. The van der Waals surface area contributed by atoms with Crippen molar-refractivity contribution in [1.82, 2.24) is 14.9 Å². The second-order valence-electron chi connectivity index (χ2n) is 6.08. The monoisotopic (exact) mass is 409 g/mol. The van der Waals surface area contributed by atoms with Crippen LogP contribution in [0.2, 0.25) is 5.02 Å². The first-order valence-corrected chi connectivity index (χ1v) is 9.15. The van der Waals surface area contributed by atoms with E-state index in [1.54, 1.807) is 11.0 Å². The van der Waals surface area contributed by atoms with Crippen LogP contribution in [-0.2, 0) is 9.53 Å². The Hall–Kier alpha value is -2.65. The molecular formula is C18H21ClFN5O3. The van der Waals surface area contributed by atoms with Gasteiger partial charge in [-0.3, -0.25) is 4.79 Å². The average Bonchev–Trinajstić information content (AvgIpc) is 2.71. The van der Waals surface area contributed by atoms with Gasteiger partial charge in [-0.25, -0.2) is 9.37 Å². The minimum absolute atomic E-state index is 0.242. The lowest BCUT2D eigenvalue weighted by Crippen LogP contribution is -2.37. The minimum Gasteiger partial charge on any atom is -0.495 e. The summed E-state index contributed by atoms with van der Waals surface area (Å²) in [5, 5.41) is 6.36. The number of nitrogens with zero attached hydrogens (tertiary/aromatic N) is 3. The Morgan fingerprint density at radius 3 is 3.04 bits per heavy atom. The van der Waals surface area contributed by atoms with Crippen molar-refractivity contribution in [3.63, 3.8) is 0 Å². The summed E-state index contributed by atoms with van der Waals surface area (Å²) in [5.74, 6) is 0.628. The Balaban J connectivity index is 1.87. The van der Waals surface area contributed by atoms with Gasteiger partial charge in [0.15, 0.2) is 0 Å². The topological polar surface area (TPSA) is 88.6 Å². The fraction of sp³-hybridized carbons (Fsp3) is 0.389. The summed E-state index contributed by atoms with van der Waals surface area (Å²) in [7, 11) is 1.48. The SMILES string of the molecule is CCNc1nc(Nc2cc(F)c(C3CN(C=O)CCO3)cc2OC)ncc1Cl. The molecular weight excluding hydrogens is 389 g/mol. The fourth-order valence-electron chi connectivity index (χ4n) is 2.87. The van der Waals surface area contributed by atoms with Crippen LogP contribution >= 0.6 is 11.6 Å². The van der Waals surface area contributed by atoms with E-state index in [-0.39, 0.29) is 12.5 Å². The molecule has 2 N–H and O–H groups in total. The van der Waals surface area contributed by atoms with Gasteiger partial charge in [0.25, 0.3) is 0 Å². The Morgan fingerprint density at radius 1 is 1.50 bits per heavy atom. The van der Waals surface area contributed by atoms with Gasteiger partial charge in [0.2, 0.25) is 12.4 Å².